The van der Waals surface area contributed by atoms with Crippen molar-refractivity contribution in [1.82, 2.24) is 5.32 Å². The Kier molecular flexibility index (Phi) is 2.75. The van der Waals surface area contributed by atoms with E-state index in [4.69, 9.17) is 9.52 Å². The van der Waals surface area contributed by atoms with E-state index in [9.17, 15) is 9.59 Å². The monoisotopic (exact) mass is 287 g/mol. The Morgan fingerprint density at radius 2 is 2.12 bits per heavy atom. The molecule has 2 rings (SSSR count). The topological polar surface area (TPSA) is 79.5 Å². The highest BCUT2D eigenvalue weighted by Crippen LogP contribution is 2.32. The van der Waals surface area contributed by atoms with E-state index < -0.39 is 17.4 Å². The summed E-state index contributed by atoms with van der Waals surface area (Å²) in [4.78, 5) is 22.7. The Morgan fingerprint density at radius 3 is 2.50 bits per heavy atom. The maximum Gasteiger partial charge on any atom is 0.329 e. The fourth-order valence-electron chi connectivity index (χ4n) is 1.64. The molecule has 0 radical (unpaired) electrons. The first kappa shape index (κ1) is 11.2. The van der Waals surface area contributed by atoms with Crippen LogP contribution in [-0.2, 0) is 4.79 Å². The van der Waals surface area contributed by atoms with Crippen LogP contribution in [-0.4, -0.2) is 22.5 Å². The minimum Gasteiger partial charge on any atom is -0.480 e. The largest absolute Gasteiger partial charge is 0.480 e. The number of hydrogen-bond acceptors (Lipinski definition) is 3. The molecule has 0 atom stereocenters. The molecule has 0 aliphatic heterocycles. The summed E-state index contributed by atoms with van der Waals surface area (Å²) in [6.07, 6.45) is 1.75. The van der Waals surface area contributed by atoms with Crippen molar-refractivity contribution < 1.29 is 19.1 Å². The van der Waals surface area contributed by atoms with E-state index in [0.29, 0.717) is 17.5 Å². The molecular weight excluding hydrogens is 278 g/mol. The lowest BCUT2D eigenvalue weighted by Crippen LogP contribution is -2.59. The smallest absolute Gasteiger partial charge is 0.329 e. The number of aliphatic carboxylic acids is 1. The van der Waals surface area contributed by atoms with Gasteiger partial charge in [-0.15, -0.1) is 0 Å². The molecule has 5 nitrogen and oxygen atoms in total. The number of carboxylic acid groups (broad SMARTS) is 1. The van der Waals surface area contributed by atoms with Crippen LogP contribution < -0.4 is 5.32 Å². The number of carbonyl (C=O) groups excluding carboxylic acids is 1. The number of carboxylic acids is 1. The highest BCUT2D eigenvalue weighted by molar-refractivity contribution is 9.10. The summed E-state index contributed by atoms with van der Waals surface area (Å²) in [5, 5.41) is 11.5. The summed E-state index contributed by atoms with van der Waals surface area (Å²) >= 11 is 3.08. The molecule has 0 unspecified atom stereocenters. The minimum absolute atomic E-state index is 0.111. The third kappa shape index (κ3) is 1.84. The van der Waals surface area contributed by atoms with E-state index in [1.165, 1.54) is 6.07 Å². The van der Waals surface area contributed by atoms with Gasteiger partial charge >= 0.3 is 5.97 Å². The van der Waals surface area contributed by atoms with Crippen LogP contribution >= 0.6 is 15.9 Å². The number of rotatable bonds is 3. The normalized spacial score (nSPS) is 17.6. The zero-order valence-corrected chi connectivity index (χ0v) is 9.91. The molecule has 0 spiro atoms. The third-order valence-electron chi connectivity index (χ3n) is 2.77. The highest BCUT2D eigenvalue weighted by atomic mass is 79.9. The predicted molar refractivity (Wildman–Crippen MR) is 58.1 cm³/mol. The quantitative estimate of drug-likeness (QED) is 0.888. The fourth-order valence-corrected chi connectivity index (χ4v) is 1.94. The lowest BCUT2D eigenvalue weighted by Gasteiger charge is -2.37. The number of nitrogens with one attached hydrogen (secondary N) is 1. The van der Waals surface area contributed by atoms with Crippen LogP contribution in [0.15, 0.2) is 21.2 Å². The molecule has 1 saturated carbocycles. The fraction of sp³-hybridized carbons (Fsp3) is 0.400. The number of carbonyl (C=O) groups is 2. The first-order valence-corrected chi connectivity index (χ1v) is 5.64. The molecule has 0 aromatic carbocycles. The number of amides is 1. The van der Waals surface area contributed by atoms with Crippen molar-refractivity contribution in [1.29, 1.82) is 0 Å². The van der Waals surface area contributed by atoms with Crippen molar-refractivity contribution in [3.63, 3.8) is 0 Å². The lowest BCUT2D eigenvalue weighted by atomic mass is 9.76. The molecule has 1 heterocycles. The molecule has 1 fully saturated rings. The number of hydrogen-bond donors (Lipinski definition) is 2. The molecule has 1 amide bonds. The van der Waals surface area contributed by atoms with Crippen molar-refractivity contribution >= 4 is 27.8 Å². The SMILES string of the molecule is O=C(NC1(C(=O)O)CCC1)c1ccc(Br)o1. The second-order valence-corrected chi connectivity index (χ2v) is 4.58. The van der Waals surface area contributed by atoms with Gasteiger partial charge in [-0.2, -0.15) is 0 Å². The van der Waals surface area contributed by atoms with Gasteiger partial charge in [0.05, 0.1) is 0 Å². The predicted octanol–water partition coefficient (Wildman–Crippen LogP) is 1.78. The van der Waals surface area contributed by atoms with E-state index in [1.54, 1.807) is 6.07 Å². The van der Waals surface area contributed by atoms with E-state index >= 15 is 0 Å². The van der Waals surface area contributed by atoms with Crippen LogP contribution in [0, 0.1) is 0 Å². The zero-order valence-electron chi connectivity index (χ0n) is 8.33. The Balaban J connectivity index is 2.10. The highest BCUT2D eigenvalue weighted by Gasteiger charge is 2.46. The van der Waals surface area contributed by atoms with Gasteiger partial charge in [0.2, 0.25) is 0 Å². The molecule has 1 aromatic rings. The van der Waals surface area contributed by atoms with Gasteiger partial charge < -0.3 is 14.8 Å². The molecule has 86 valence electrons. The van der Waals surface area contributed by atoms with E-state index in [-0.39, 0.29) is 5.76 Å². The minimum atomic E-state index is -1.10. The van der Waals surface area contributed by atoms with E-state index in [0.717, 1.165) is 6.42 Å². The second kappa shape index (κ2) is 3.93. The molecule has 0 saturated heterocycles. The molecule has 1 aliphatic carbocycles. The van der Waals surface area contributed by atoms with Gasteiger partial charge in [-0.1, -0.05) is 0 Å². The van der Waals surface area contributed by atoms with Crippen molar-refractivity contribution in [2.75, 3.05) is 0 Å². The average molecular weight is 288 g/mol. The Labute approximate surface area is 99.9 Å². The number of halogens is 1. The third-order valence-corrected chi connectivity index (χ3v) is 3.19. The van der Waals surface area contributed by atoms with Gasteiger partial charge in [-0.3, -0.25) is 4.79 Å². The van der Waals surface area contributed by atoms with Crippen LogP contribution in [0.4, 0.5) is 0 Å². The molecular formula is C10H10BrNO4. The van der Waals surface area contributed by atoms with E-state index in [2.05, 4.69) is 21.2 Å². The van der Waals surface area contributed by atoms with Gasteiger partial charge in [0, 0.05) is 0 Å². The van der Waals surface area contributed by atoms with Crippen molar-refractivity contribution in [3.05, 3.63) is 22.6 Å². The van der Waals surface area contributed by atoms with Gasteiger partial charge in [-0.25, -0.2) is 4.79 Å². The van der Waals surface area contributed by atoms with Gasteiger partial charge in [-0.05, 0) is 47.3 Å². The average Bonchev–Trinajstić information content (AvgIpc) is 2.57. The maximum atomic E-state index is 11.7. The van der Waals surface area contributed by atoms with Gasteiger partial charge in [0.1, 0.15) is 5.54 Å². The summed E-state index contributed by atoms with van der Waals surface area (Å²) in [6.45, 7) is 0. The van der Waals surface area contributed by atoms with Crippen LogP contribution in [0.3, 0.4) is 0 Å². The maximum absolute atomic E-state index is 11.7. The number of furan rings is 1. The van der Waals surface area contributed by atoms with Crippen LogP contribution in [0.2, 0.25) is 0 Å². The molecule has 1 aromatic heterocycles. The standard InChI is InChI=1S/C10H10BrNO4/c11-7-3-2-6(16-7)8(13)12-10(9(14)15)4-1-5-10/h2-3H,1,4-5H2,(H,12,13)(H,14,15). The van der Waals surface area contributed by atoms with Crippen LogP contribution in [0.25, 0.3) is 0 Å². The summed E-state index contributed by atoms with van der Waals surface area (Å²) in [5.74, 6) is -1.37. The zero-order chi connectivity index (χ0) is 11.8. The van der Waals surface area contributed by atoms with Gasteiger partial charge in [0.25, 0.3) is 5.91 Å². The first-order chi connectivity index (χ1) is 7.53. The lowest BCUT2D eigenvalue weighted by molar-refractivity contribution is -0.148. The second-order valence-electron chi connectivity index (χ2n) is 3.80. The Morgan fingerprint density at radius 1 is 1.44 bits per heavy atom. The molecule has 6 heteroatoms. The van der Waals surface area contributed by atoms with Crippen molar-refractivity contribution in [2.24, 2.45) is 0 Å². The Hall–Kier alpha value is -1.30. The summed E-state index contributed by atoms with van der Waals surface area (Å²) in [7, 11) is 0. The molecule has 2 N–H and O–H groups in total. The van der Waals surface area contributed by atoms with Crippen molar-refractivity contribution in [3.8, 4) is 0 Å². The van der Waals surface area contributed by atoms with Crippen LogP contribution in [0.5, 0.6) is 0 Å². The first-order valence-electron chi connectivity index (χ1n) is 4.85. The van der Waals surface area contributed by atoms with Crippen LogP contribution in [0.1, 0.15) is 29.8 Å². The summed E-state index contributed by atoms with van der Waals surface area (Å²) in [5.41, 5.74) is -1.10. The summed E-state index contributed by atoms with van der Waals surface area (Å²) < 4.78 is 5.49. The van der Waals surface area contributed by atoms with E-state index in [1.807, 2.05) is 0 Å². The molecule has 0 bridgehead atoms. The molecule has 16 heavy (non-hydrogen) atoms. The molecule has 1 aliphatic rings. The van der Waals surface area contributed by atoms with Gasteiger partial charge in [0.15, 0.2) is 10.4 Å². The van der Waals surface area contributed by atoms with Crippen molar-refractivity contribution in [2.45, 2.75) is 24.8 Å². The summed E-state index contributed by atoms with van der Waals surface area (Å²) in [6, 6.07) is 3.08. The Bertz CT molecular complexity index is 436.